The number of carbonyl (C=O) groups is 3. The summed E-state index contributed by atoms with van der Waals surface area (Å²) in [5.41, 5.74) is -0.983. The number of rotatable bonds is 2. The summed E-state index contributed by atoms with van der Waals surface area (Å²) in [6.45, 7) is 0.00360. The summed E-state index contributed by atoms with van der Waals surface area (Å²) in [6.07, 6.45) is -4.92. The van der Waals surface area contributed by atoms with Crippen molar-refractivity contribution in [3.63, 3.8) is 0 Å². The van der Waals surface area contributed by atoms with Gasteiger partial charge in [-0.05, 0) is 24.6 Å². The van der Waals surface area contributed by atoms with Gasteiger partial charge >= 0.3 is 12.3 Å². The molecule has 1 aromatic carbocycles. The molecule has 2 aliphatic rings. The van der Waals surface area contributed by atoms with Gasteiger partial charge in [-0.25, -0.2) is 9.69 Å². The lowest BCUT2D eigenvalue weighted by molar-refractivity contribution is -0.137. The Morgan fingerprint density at radius 2 is 2.00 bits per heavy atom. The number of likely N-dealkylation sites (tertiary alicyclic amines) is 1. The molecule has 0 N–H and O–H groups in total. The average molecular weight is 342 g/mol. The fourth-order valence-corrected chi connectivity index (χ4v) is 2.87. The van der Waals surface area contributed by atoms with Crippen LogP contribution in [-0.2, 0) is 15.7 Å². The van der Waals surface area contributed by atoms with Crippen LogP contribution in [0.2, 0.25) is 0 Å². The Balaban J connectivity index is 1.73. The van der Waals surface area contributed by atoms with Gasteiger partial charge in [0, 0.05) is 18.7 Å². The molecule has 0 spiro atoms. The Labute approximate surface area is 134 Å². The van der Waals surface area contributed by atoms with E-state index in [4.69, 9.17) is 0 Å². The van der Waals surface area contributed by atoms with Gasteiger partial charge in [0.05, 0.1) is 11.6 Å². The predicted octanol–water partition coefficient (Wildman–Crippen LogP) is 1.90. The maximum atomic E-state index is 12.7. The second-order valence-electron chi connectivity index (χ2n) is 5.59. The van der Waals surface area contributed by atoms with E-state index in [1.807, 2.05) is 0 Å². The lowest BCUT2D eigenvalue weighted by Crippen LogP contribution is -2.42. The molecule has 24 heavy (non-hydrogen) atoms. The van der Waals surface area contributed by atoms with Gasteiger partial charge in [-0.15, -0.1) is 0 Å². The van der Waals surface area contributed by atoms with Crippen molar-refractivity contribution in [2.24, 2.45) is 0 Å². The predicted molar refractivity (Wildman–Crippen MR) is 73.9 cm³/mol. The Kier molecular flexibility index (Phi) is 3.94. The second kappa shape index (κ2) is 5.81. The normalized spacial score (nSPS) is 21.4. The van der Waals surface area contributed by atoms with Crippen LogP contribution in [0.1, 0.15) is 22.3 Å². The molecule has 2 saturated heterocycles. The standard InChI is InChI=1S/C15H13F3N2O4/c16-15(17,18)10-3-1-2-9(6-10)13(22)19-5-4-11(7-19)20-12(21)8-24-14(20)23/h1-3,6,11H,4-5,7-8H2. The molecule has 0 bridgehead atoms. The third-order valence-corrected chi connectivity index (χ3v) is 4.04. The summed E-state index contributed by atoms with van der Waals surface area (Å²) < 4.78 is 42.9. The first-order chi connectivity index (χ1) is 11.3. The Morgan fingerprint density at radius 1 is 1.25 bits per heavy atom. The third-order valence-electron chi connectivity index (χ3n) is 4.04. The number of benzene rings is 1. The zero-order valence-electron chi connectivity index (χ0n) is 12.4. The van der Waals surface area contributed by atoms with Gasteiger partial charge in [0.25, 0.3) is 11.8 Å². The summed E-state index contributed by atoms with van der Waals surface area (Å²) in [5, 5.41) is 0. The molecule has 0 saturated carbocycles. The van der Waals surface area contributed by atoms with E-state index in [9.17, 15) is 27.6 Å². The van der Waals surface area contributed by atoms with Crippen LogP contribution in [0.15, 0.2) is 24.3 Å². The van der Waals surface area contributed by atoms with Crippen molar-refractivity contribution >= 4 is 17.9 Å². The van der Waals surface area contributed by atoms with Crippen molar-refractivity contribution in [2.75, 3.05) is 19.7 Å². The van der Waals surface area contributed by atoms with Crippen LogP contribution in [0, 0.1) is 0 Å². The molecule has 6 nitrogen and oxygen atoms in total. The molecule has 2 fully saturated rings. The summed E-state index contributed by atoms with van der Waals surface area (Å²) in [5.74, 6) is -1.04. The van der Waals surface area contributed by atoms with Crippen LogP contribution in [0.3, 0.4) is 0 Å². The Morgan fingerprint density at radius 3 is 2.62 bits per heavy atom. The number of amides is 3. The zero-order chi connectivity index (χ0) is 17.5. The van der Waals surface area contributed by atoms with Crippen molar-refractivity contribution in [2.45, 2.75) is 18.6 Å². The number of nitrogens with zero attached hydrogens (tertiary/aromatic N) is 2. The molecule has 2 heterocycles. The van der Waals surface area contributed by atoms with E-state index >= 15 is 0 Å². The quantitative estimate of drug-likeness (QED) is 0.823. The number of cyclic esters (lactones) is 1. The van der Waals surface area contributed by atoms with Gasteiger partial charge in [-0.3, -0.25) is 9.59 Å². The molecule has 1 atom stereocenters. The first-order valence-electron chi connectivity index (χ1n) is 7.23. The van der Waals surface area contributed by atoms with Gasteiger partial charge < -0.3 is 9.64 Å². The number of alkyl halides is 3. The molecular formula is C15H13F3N2O4. The van der Waals surface area contributed by atoms with Crippen LogP contribution >= 0.6 is 0 Å². The number of hydrogen-bond acceptors (Lipinski definition) is 4. The smallest absolute Gasteiger partial charge is 0.417 e. The summed E-state index contributed by atoms with van der Waals surface area (Å²) in [7, 11) is 0. The summed E-state index contributed by atoms with van der Waals surface area (Å²) in [6, 6.07) is 3.65. The molecule has 2 aliphatic heterocycles. The van der Waals surface area contributed by atoms with Crippen LogP contribution in [0.25, 0.3) is 0 Å². The molecule has 0 aliphatic carbocycles. The minimum atomic E-state index is -4.53. The number of ether oxygens (including phenoxy) is 1. The fourth-order valence-electron chi connectivity index (χ4n) is 2.87. The molecular weight excluding hydrogens is 329 g/mol. The Hall–Kier alpha value is -2.58. The Bertz CT molecular complexity index is 688. The van der Waals surface area contributed by atoms with E-state index < -0.39 is 35.7 Å². The van der Waals surface area contributed by atoms with E-state index in [1.165, 1.54) is 17.0 Å². The number of carbonyl (C=O) groups excluding carboxylic acids is 3. The number of hydrogen-bond donors (Lipinski definition) is 0. The second-order valence-corrected chi connectivity index (χ2v) is 5.59. The van der Waals surface area contributed by atoms with Crippen molar-refractivity contribution in [3.05, 3.63) is 35.4 Å². The molecule has 9 heteroatoms. The number of imide groups is 1. The largest absolute Gasteiger partial charge is 0.439 e. The van der Waals surface area contributed by atoms with Gasteiger partial charge in [0.2, 0.25) is 0 Å². The highest BCUT2D eigenvalue weighted by molar-refractivity contribution is 5.98. The van der Waals surface area contributed by atoms with E-state index in [1.54, 1.807) is 0 Å². The van der Waals surface area contributed by atoms with Gasteiger partial charge in [-0.1, -0.05) is 6.07 Å². The fraction of sp³-hybridized carbons (Fsp3) is 0.400. The van der Waals surface area contributed by atoms with Crippen LogP contribution in [0.5, 0.6) is 0 Å². The monoisotopic (exact) mass is 342 g/mol. The molecule has 128 valence electrons. The molecule has 3 amide bonds. The summed E-state index contributed by atoms with van der Waals surface area (Å²) in [4.78, 5) is 37.8. The minimum Gasteiger partial charge on any atom is -0.439 e. The van der Waals surface area contributed by atoms with Crippen molar-refractivity contribution in [1.82, 2.24) is 9.80 Å². The van der Waals surface area contributed by atoms with E-state index in [2.05, 4.69) is 4.74 Å². The van der Waals surface area contributed by atoms with Crippen LogP contribution < -0.4 is 0 Å². The minimum absolute atomic E-state index is 0.0793. The highest BCUT2D eigenvalue weighted by atomic mass is 19.4. The molecule has 0 radical (unpaired) electrons. The molecule has 1 unspecified atom stereocenters. The van der Waals surface area contributed by atoms with Crippen LogP contribution in [0.4, 0.5) is 18.0 Å². The maximum Gasteiger partial charge on any atom is 0.417 e. The van der Waals surface area contributed by atoms with Gasteiger partial charge in [0.1, 0.15) is 0 Å². The van der Waals surface area contributed by atoms with Crippen molar-refractivity contribution in [3.8, 4) is 0 Å². The first-order valence-corrected chi connectivity index (χ1v) is 7.23. The maximum absolute atomic E-state index is 12.7. The van der Waals surface area contributed by atoms with Crippen molar-refractivity contribution in [1.29, 1.82) is 0 Å². The van der Waals surface area contributed by atoms with Gasteiger partial charge in [-0.2, -0.15) is 13.2 Å². The summed E-state index contributed by atoms with van der Waals surface area (Å²) >= 11 is 0. The highest BCUT2D eigenvalue weighted by Gasteiger charge is 2.41. The highest BCUT2D eigenvalue weighted by Crippen LogP contribution is 2.30. The lowest BCUT2D eigenvalue weighted by Gasteiger charge is -2.20. The van der Waals surface area contributed by atoms with Crippen LogP contribution in [-0.4, -0.2) is 53.4 Å². The van der Waals surface area contributed by atoms with Gasteiger partial charge in [0.15, 0.2) is 6.61 Å². The SMILES string of the molecule is O=C(c1cccc(C(F)(F)F)c1)N1CCC(N2C(=O)COC2=O)C1. The zero-order valence-corrected chi connectivity index (χ0v) is 12.4. The molecule has 0 aromatic heterocycles. The average Bonchev–Trinajstić information content (AvgIpc) is 3.13. The number of halogens is 3. The van der Waals surface area contributed by atoms with E-state index in [0.29, 0.717) is 6.42 Å². The molecule has 3 rings (SSSR count). The molecule has 1 aromatic rings. The van der Waals surface area contributed by atoms with Crippen molar-refractivity contribution < 1.29 is 32.3 Å². The van der Waals surface area contributed by atoms with E-state index in [0.717, 1.165) is 17.0 Å². The first kappa shape index (κ1) is 16.3. The third kappa shape index (κ3) is 2.93. The lowest BCUT2D eigenvalue weighted by atomic mass is 10.1. The topological polar surface area (TPSA) is 66.9 Å². The van der Waals surface area contributed by atoms with E-state index in [-0.39, 0.29) is 25.3 Å².